The summed E-state index contributed by atoms with van der Waals surface area (Å²) in [6, 6.07) is 12.2. The summed E-state index contributed by atoms with van der Waals surface area (Å²) in [6.45, 7) is 0. The maximum absolute atomic E-state index is 5.72. The Morgan fingerprint density at radius 3 is 2.43 bits per heavy atom. The van der Waals surface area contributed by atoms with Crippen LogP contribution in [0.2, 0.25) is 0 Å². The lowest BCUT2D eigenvalue weighted by atomic mass is 9.92. The van der Waals surface area contributed by atoms with Crippen LogP contribution in [0, 0.1) is 0 Å². The molecule has 0 saturated carbocycles. The third-order valence-corrected chi connectivity index (χ3v) is 5.53. The van der Waals surface area contributed by atoms with Gasteiger partial charge in [0.1, 0.15) is 6.33 Å². The first kappa shape index (κ1) is 18.6. The number of rotatable bonds is 5. The normalized spacial score (nSPS) is 18.1. The van der Waals surface area contributed by atoms with Gasteiger partial charge < -0.3 is 19.5 Å². The van der Waals surface area contributed by atoms with Crippen molar-refractivity contribution in [2.45, 2.75) is 18.5 Å². The molecular formula is C20H21BrN4O3. The number of ether oxygens (including phenoxy) is 3. The molecule has 2 aromatic carbocycles. The van der Waals surface area contributed by atoms with E-state index in [9.17, 15) is 0 Å². The van der Waals surface area contributed by atoms with Crippen molar-refractivity contribution in [2.75, 3.05) is 26.6 Å². The number of methoxy groups -OCH3 is 3. The second-order valence-corrected chi connectivity index (χ2v) is 7.37. The zero-order valence-corrected chi connectivity index (χ0v) is 17.4. The molecule has 8 heteroatoms. The van der Waals surface area contributed by atoms with Crippen molar-refractivity contribution in [3.63, 3.8) is 0 Å². The van der Waals surface area contributed by atoms with Crippen molar-refractivity contribution in [3.8, 4) is 17.2 Å². The van der Waals surface area contributed by atoms with Crippen LogP contribution in [0.25, 0.3) is 0 Å². The standard InChI is InChI=1S/C20H21BrN4O3/c1-26-17-9-8-14(18(27-2)19(17)28-3)16-10-15(12-4-6-13(21)7-5-12)24-20-22-11-23-25(16)20/h4-9,11,15-16H,10H2,1-3H3,(H,22,23,24)/t15-,16-/m1/s1. The molecule has 0 amide bonds. The lowest BCUT2D eigenvalue weighted by Gasteiger charge is -2.32. The third kappa shape index (κ3) is 3.17. The van der Waals surface area contributed by atoms with Crippen LogP contribution in [-0.2, 0) is 0 Å². The average molecular weight is 445 g/mol. The molecule has 0 radical (unpaired) electrons. The Balaban J connectivity index is 1.80. The highest BCUT2D eigenvalue weighted by Crippen LogP contribution is 2.46. The van der Waals surface area contributed by atoms with E-state index < -0.39 is 0 Å². The lowest BCUT2D eigenvalue weighted by molar-refractivity contribution is 0.315. The summed E-state index contributed by atoms with van der Waals surface area (Å²) in [7, 11) is 4.86. The Labute approximate surface area is 171 Å². The number of nitrogens with zero attached hydrogens (tertiary/aromatic N) is 3. The molecule has 2 heterocycles. The Kier molecular flexibility index (Phi) is 5.13. The van der Waals surface area contributed by atoms with E-state index in [1.165, 1.54) is 5.56 Å². The second-order valence-electron chi connectivity index (χ2n) is 6.45. The minimum atomic E-state index is -0.0675. The fourth-order valence-electron chi connectivity index (χ4n) is 3.68. The fraction of sp³-hybridized carbons (Fsp3) is 0.300. The molecule has 28 heavy (non-hydrogen) atoms. The van der Waals surface area contributed by atoms with Crippen molar-refractivity contribution in [1.29, 1.82) is 0 Å². The van der Waals surface area contributed by atoms with Gasteiger partial charge in [0, 0.05) is 10.0 Å². The molecule has 0 bridgehead atoms. The van der Waals surface area contributed by atoms with E-state index in [0.29, 0.717) is 17.2 Å². The SMILES string of the molecule is COc1ccc([C@H]2C[C@H](c3ccc(Br)cc3)Nc3ncnn32)c(OC)c1OC. The molecular weight excluding hydrogens is 424 g/mol. The summed E-state index contributed by atoms with van der Waals surface area (Å²) in [6.07, 6.45) is 2.34. The largest absolute Gasteiger partial charge is 0.493 e. The first-order valence-corrected chi connectivity index (χ1v) is 9.66. The van der Waals surface area contributed by atoms with Crippen LogP contribution < -0.4 is 19.5 Å². The van der Waals surface area contributed by atoms with Crippen LogP contribution in [0.5, 0.6) is 17.2 Å². The predicted octanol–water partition coefficient (Wildman–Crippen LogP) is 4.21. The Morgan fingerprint density at radius 2 is 1.75 bits per heavy atom. The number of anilines is 1. The van der Waals surface area contributed by atoms with Gasteiger partial charge >= 0.3 is 0 Å². The molecule has 7 nitrogen and oxygen atoms in total. The molecule has 3 aromatic rings. The summed E-state index contributed by atoms with van der Waals surface area (Å²) in [5.41, 5.74) is 2.15. The highest BCUT2D eigenvalue weighted by molar-refractivity contribution is 9.10. The topological polar surface area (TPSA) is 70.4 Å². The summed E-state index contributed by atoms with van der Waals surface area (Å²) >= 11 is 3.50. The molecule has 0 aliphatic carbocycles. The van der Waals surface area contributed by atoms with Gasteiger partial charge in [0.15, 0.2) is 11.5 Å². The van der Waals surface area contributed by atoms with E-state index in [2.05, 4.69) is 43.5 Å². The van der Waals surface area contributed by atoms with E-state index in [1.807, 2.05) is 28.9 Å². The van der Waals surface area contributed by atoms with E-state index in [1.54, 1.807) is 27.7 Å². The maximum atomic E-state index is 5.72. The maximum Gasteiger partial charge on any atom is 0.222 e. The molecule has 0 spiro atoms. The van der Waals surface area contributed by atoms with E-state index >= 15 is 0 Å². The van der Waals surface area contributed by atoms with Gasteiger partial charge in [0.25, 0.3) is 0 Å². The number of fused-ring (bicyclic) bond motifs is 1. The minimum absolute atomic E-state index is 0.0675. The Bertz CT molecular complexity index is 974. The van der Waals surface area contributed by atoms with Crippen molar-refractivity contribution in [3.05, 3.63) is 58.3 Å². The number of hydrogen-bond donors (Lipinski definition) is 1. The van der Waals surface area contributed by atoms with Gasteiger partial charge in [-0.05, 0) is 36.2 Å². The van der Waals surface area contributed by atoms with Crippen molar-refractivity contribution in [1.82, 2.24) is 14.8 Å². The molecule has 0 fully saturated rings. The number of benzene rings is 2. The average Bonchev–Trinajstić information content (AvgIpc) is 3.21. The van der Waals surface area contributed by atoms with Gasteiger partial charge in [-0.1, -0.05) is 28.1 Å². The first-order chi connectivity index (χ1) is 13.7. The summed E-state index contributed by atoms with van der Waals surface area (Å²) in [4.78, 5) is 4.39. The molecule has 2 atom stereocenters. The Hall–Kier alpha value is -2.74. The van der Waals surface area contributed by atoms with E-state index in [-0.39, 0.29) is 12.1 Å². The van der Waals surface area contributed by atoms with E-state index in [4.69, 9.17) is 14.2 Å². The van der Waals surface area contributed by atoms with Crippen molar-refractivity contribution < 1.29 is 14.2 Å². The van der Waals surface area contributed by atoms with Gasteiger partial charge in [-0.3, -0.25) is 0 Å². The van der Waals surface area contributed by atoms with Crippen molar-refractivity contribution in [2.24, 2.45) is 0 Å². The highest BCUT2D eigenvalue weighted by Gasteiger charge is 2.33. The molecule has 0 unspecified atom stereocenters. The molecule has 4 rings (SSSR count). The zero-order valence-electron chi connectivity index (χ0n) is 15.8. The van der Waals surface area contributed by atoms with Gasteiger partial charge in [-0.2, -0.15) is 10.1 Å². The predicted molar refractivity (Wildman–Crippen MR) is 109 cm³/mol. The Morgan fingerprint density at radius 1 is 1.00 bits per heavy atom. The number of nitrogens with one attached hydrogen (secondary N) is 1. The van der Waals surface area contributed by atoms with Gasteiger partial charge in [-0.25, -0.2) is 4.68 Å². The van der Waals surface area contributed by atoms with Crippen molar-refractivity contribution >= 4 is 21.9 Å². The molecule has 0 saturated heterocycles. The summed E-state index contributed by atoms with van der Waals surface area (Å²) < 4.78 is 19.6. The molecule has 1 aliphatic heterocycles. The number of aromatic nitrogens is 3. The fourth-order valence-corrected chi connectivity index (χ4v) is 3.94. The van der Waals surface area contributed by atoms with Crippen LogP contribution in [0.15, 0.2) is 47.2 Å². The van der Waals surface area contributed by atoms with E-state index in [0.717, 1.165) is 22.4 Å². The molecule has 1 N–H and O–H groups in total. The number of hydrogen-bond acceptors (Lipinski definition) is 6. The molecule has 1 aliphatic rings. The molecule has 146 valence electrons. The highest BCUT2D eigenvalue weighted by atomic mass is 79.9. The van der Waals surface area contributed by atoms with Crippen LogP contribution in [0.3, 0.4) is 0 Å². The summed E-state index contributed by atoms with van der Waals surface area (Å²) in [5, 5.41) is 7.92. The minimum Gasteiger partial charge on any atom is -0.493 e. The summed E-state index contributed by atoms with van der Waals surface area (Å²) in [5.74, 6) is 2.56. The van der Waals surface area contributed by atoms with Crippen LogP contribution in [0.4, 0.5) is 5.95 Å². The van der Waals surface area contributed by atoms with Gasteiger partial charge in [0.05, 0.1) is 33.4 Å². The van der Waals surface area contributed by atoms with Crippen LogP contribution >= 0.6 is 15.9 Å². The molecule has 1 aromatic heterocycles. The van der Waals surface area contributed by atoms with Gasteiger partial charge in [-0.15, -0.1) is 0 Å². The van der Waals surface area contributed by atoms with Gasteiger partial charge in [0.2, 0.25) is 11.7 Å². The van der Waals surface area contributed by atoms with Crippen LogP contribution in [-0.4, -0.2) is 36.1 Å². The lowest BCUT2D eigenvalue weighted by Crippen LogP contribution is -2.28. The monoisotopic (exact) mass is 444 g/mol. The third-order valence-electron chi connectivity index (χ3n) is 5.00. The number of halogens is 1. The smallest absolute Gasteiger partial charge is 0.222 e. The second kappa shape index (κ2) is 7.71. The van der Waals surface area contributed by atoms with Crippen LogP contribution in [0.1, 0.15) is 29.6 Å². The first-order valence-electron chi connectivity index (χ1n) is 8.86. The zero-order chi connectivity index (χ0) is 19.7. The quantitative estimate of drug-likeness (QED) is 0.635.